The molecular weight excluding hydrogens is 339 g/mol. The van der Waals surface area contributed by atoms with Crippen molar-refractivity contribution in [3.63, 3.8) is 0 Å². The fraction of sp³-hybridized carbons (Fsp3) is 0.353. The Morgan fingerprint density at radius 1 is 1.12 bits per heavy atom. The molecule has 0 bridgehead atoms. The molecule has 0 radical (unpaired) electrons. The van der Waals surface area contributed by atoms with Crippen LogP contribution in [0, 0.1) is 0 Å². The quantitative estimate of drug-likeness (QED) is 0.909. The molecule has 0 saturated carbocycles. The van der Waals surface area contributed by atoms with Crippen LogP contribution in [0.25, 0.3) is 0 Å². The summed E-state index contributed by atoms with van der Waals surface area (Å²) >= 11 is 5.76. The molecular formula is C17H17ClF3N3. The van der Waals surface area contributed by atoms with Crippen LogP contribution in [0.15, 0.2) is 42.7 Å². The van der Waals surface area contributed by atoms with E-state index in [0.717, 1.165) is 37.8 Å². The lowest BCUT2D eigenvalue weighted by molar-refractivity contribution is -0.137. The van der Waals surface area contributed by atoms with E-state index in [4.69, 9.17) is 11.6 Å². The highest BCUT2D eigenvalue weighted by Crippen LogP contribution is 2.38. The van der Waals surface area contributed by atoms with Gasteiger partial charge in [0.1, 0.15) is 0 Å². The van der Waals surface area contributed by atoms with Crippen molar-refractivity contribution in [2.24, 2.45) is 0 Å². The number of rotatable bonds is 3. The molecule has 0 spiro atoms. The van der Waals surface area contributed by atoms with E-state index < -0.39 is 11.7 Å². The highest BCUT2D eigenvalue weighted by Gasteiger charge is 2.34. The Balaban J connectivity index is 2.05. The van der Waals surface area contributed by atoms with E-state index in [-0.39, 0.29) is 11.1 Å². The molecule has 1 aliphatic rings. The van der Waals surface area contributed by atoms with E-state index in [1.54, 1.807) is 24.5 Å². The second kappa shape index (κ2) is 7.09. The number of piperazine rings is 1. The third-order valence-corrected chi connectivity index (χ3v) is 4.46. The molecule has 7 heteroatoms. The topological polar surface area (TPSA) is 28.2 Å². The van der Waals surface area contributed by atoms with E-state index in [1.165, 1.54) is 6.07 Å². The molecule has 2 aromatic rings. The Morgan fingerprint density at radius 2 is 1.88 bits per heavy atom. The summed E-state index contributed by atoms with van der Waals surface area (Å²) in [5.74, 6) is 0. The number of hydrogen-bond acceptors (Lipinski definition) is 3. The molecule has 0 amide bonds. The zero-order valence-electron chi connectivity index (χ0n) is 12.9. The van der Waals surface area contributed by atoms with Crippen molar-refractivity contribution < 1.29 is 13.2 Å². The molecule has 1 atom stereocenters. The molecule has 3 nitrogen and oxygen atoms in total. The Morgan fingerprint density at radius 3 is 2.50 bits per heavy atom. The molecule has 1 aliphatic heterocycles. The fourth-order valence-electron chi connectivity index (χ4n) is 3.02. The van der Waals surface area contributed by atoms with Crippen LogP contribution in [-0.4, -0.2) is 36.1 Å². The van der Waals surface area contributed by atoms with Crippen LogP contribution in [0.1, 0.15) is 22.7 Å². The van der Waals surface area contributed by atoms with Gasteiger partial charge in [0.25, 0.3) is 0 Å². The standard InChI is InChI=1S/C17H17ClF3N3/c18-15-4-3-12(10-14(15)17(19,20)21)16(13-2-1-5-23-11-13)24-8-6-22-7-9-24/h1-5,10-11,16,22H,6-9H2. The molecule has 3 rings (SSSR count). The van der Waals surface area contributed by atoms with Crippen molar-refractivity contribution >= 4 is 11.6 Å². The molecule has 128 valence electrons. The van der Waals surface area contributed by atoms with Gasteiger partial charge in [-0.3, -0.25) is 9.88 Å². The Labute approximate surface area is 143 Å². The van der Waals surface area contributed by atoms with Crippen LogP contribution in [0.4, 0.5) is 13.2 Å². The molecule has 1 fully saturated rings. The lowest BCUT2D eigenvalue weighted by Crippen LogP contribution is -2.45. The van der Waals surface area contributed by atoms with Gasteiger partial charge >= 0.3 is 6.18 Å². The fourth-order valence-corrected chi connectivity index (χ4v) is 3.25. The highest BCUT2D eigenvalue weighted by molar-refractivity contribution is 6.31. The summed E-state index contributed by atoms with van der Waals surface area (Å²) in [6.45, 7) is 3.11. The summed E-state index contributed by atoms with van der Waals surface area (Å²) in [6, 6.07) is 7.55. The zero-order valence-corrected chi connectivity index (χ0v) is 13.6. The Kier molecular flexibility index (Phi) is 5.08. The maximum Gasteiger partial charge on any atom is 0.417 e. The smallest absolute Gasteiger partial charge is 0.314 e. The number of hydrogen-bond donors (Lipinski definition) is 1. The van der Waals surface area contributed by atoms with Crippen LogP contribution < -0.4 is 5.32 Å². The molecule has 1 saturated heterocycles. The first-order chi connectivity index (χ1) is 11.5. The summed E-state index contributed by atoms with van der Waals surface area (Å²) in [5, 5.41) is 2.98. The predicted octanol–water partition coefficient (Wildman–Crippen LogP) is 3.75. The normalized spacial score (nSPS) is 17.7. The summed E-state index contributed by atoms with van der Waals surface area (Å²) in [6.07, 6.45) is -1.12. The zero-order chi connectivity index (χ0) is 17.2. The van der Waals surface area contributed by atoms with Crippen LogP contribution in [-0.2, 0) is 6.18 Å². The number of nitrogens with one attached hydrogen (secondary N) is 1. The average Bonchev–Trinajstić information content (AvgIpc) is 2.57. The molecule has 2 heterocycles. The maximum absolute atomic E-state index is 13.2. The van der Waals surface area contributed by atoms with Gasteiger partial charge in [-0.25, -0.2) is 0 Å². The van der Waals surface area contributed by atoms with E-state index >= 15 is 0 Å². The van der Waals surface area contributed by atoms with E-state index in [9.17, 15) is 13.2 Å². The average molecular weight is 356 g/mol. The largest absolute Gasteiger partial charge is 0.417 e. The lowest BCUT2D eigenvalue weighted by Gasteiger charge is -2.35. The minimum Gasteiger partial charge on any atom is -0.314 e. The van der Waals surface area contributed by atoms with Crippen LogP contribution >= 0.6 is 11.6 Å². The number of alkyl halides is 3. The van der Waals surface area contributed by atoms with Gasteiger partial charge in [0.15, 0.2) is 0 Å². The summed E-state index contributed by atoms with van der Waals surface area (Å²) in [7, 11) is 0. The van der Waals surface area contributed by atoms with Gasteiger partial charge in [0.05, 0.1) is 16.6 Å². The molecule has 1 N–H and O–H groups in total. The van der Waals surface area contributed by atoms with Crippen molar-refractivity contribution in [1.29, 1.82) is 0 Å². The van der Waals surface area contributed by atoms with Crippen LogP contribution in [0.5, 0.6) is 0 Å². The summed E-state index contributed by atoms with van der Waals surface area (Å²) in [5.41, 5.74) is 0.641. The van der Waals surface area contributed by atoms with Gasteiger partial charge < -0.3 is 5.32 Å². The van der Waals surface area contributed by atoms with Gasteiger partial charge in [-0.05, 0) is 29.3 Å². The SMILES string of the molecule is FC(F)(F)c1cc(C(c2cccnc2)N2CCNCC2)ccc1Cl. The van der Waals surface area contributed by atoms with E-state index in [0.29, 0.717) is 5.56 Å². The van der Waals surface area contributed by atoms with Crippen LogP contribution in [0.3, 0.4) is 0 Å². The number of aromatic nitrogens is 1. The monoisotopic (exact) mass is 355 g/mol. The minimum absolute atomic E-state index is 0.279. The summed E-state index contributed by atoms with van der Waals surface area (Å²) < 4.78 is 39.6. The first-order valence-electron chi connectivity index (χ1n) is 7.68. The molecule has 1 aromatic heterocycles. The first-order valence-corrected chi connectivity index (χ1v) is 8.06. The summed E-state index contributed by atoms with van der Waals surface area (Å²) in [4.78, 5) is 6.29. The van der Waals surface area contributed by atoms with E-state index in [1.807, 2.05) is 6.07 Å². The third kappa shape index (κ3) is 3.71. The van der Waals surface area contributed by atoms with Gasteiger partial charge in [-0.15, -0.1) is 0 Å². The molecule has 0 aliphatic carbocycles. The predicted molar refractivity (Wildman–Crippen MR) is 87.0 cm³/mol. The second-order valence-electron chi connectivity index (χ2n) is 5.71. The molecule has 1 unspecified atom stereocenters. The van der Waals surface area contributed by atoms with Gasteiger partial charge in [0.2, 0.25) is 0 Å². The van der Waals surface area contributed by atoms with Crippen molar-refractivity contribution in [1.82, 2.24) is 15.2 Å². The minimum atomic E-state index is -4.48. The highest BCUT2D eigenvalue weighted by atomic mass is 35.5. The Hall–Kier alpha value is -1.63. The van der Waals surface area contributed by atoms with Crippen molar-refractivity contribution in [3.8, 4) is 0 Å². The molecule has 1 aromatic carbocycles. The first kappa shape index (κ1) is 17.2. The molecule has 24 heavy (non-hydrogen) atoms. The van der Waals surface area contributed by atoms with Gasteiger partial charge in [0, 0.05) is 38.6 Å². The van der Waals surface area contributed by atoms with Gasteiger partial charge in [-0.1, -0.05) is 23.7 Å². The third-order valence-electron chi connectivity index (χ3n) is 4.13. The van der Waals surface area contributed by atoms with Crippen LogP contribution in [0.2, 0.25) is 5.02 Å². The van der Waals surface area contributed by atoms with Crippen molar-refractivity contribution in [2.45, 2.75) is 12.2 Å². The number of halogens is 4. The van der Waals surface area contributed by atoms with Gasteiger partial charge in [-0.2, -0.15) is 13.2 Å². The number of nitrogens with zero attached hydrogens (tertiary/aromatic N) is 2. The van der Waals surface area contributed by atoms with Crippen molar-refractivity contribution in [3.05, 3.63) is 64.4 Å². The number of benzene rings is 1. The maximum atomic E-state index is 13.2. The van der Waals surface area contributed by atoms with Crippen molar-refractivity contribution in [2.75, 3.05) is 26.2 Å². The Bertz CT molecular complexity index is 685. The van der Waals surface area contributed by atoms with E-state index in [2.05, 4.69) is 15.2 Å². The second-order valence-corrected chi connectivity index (χ2v) is 6.12. The lowest BCUT2D eigenvalue weighted by atomic mass is 9.96. The number of pyridine rings is 1.